The second-order valence-electron chi connectivity index (χ2n) is 5.34. The molecule has 0 fully saturated rings. The Hall–Kier alpha value is -2.76. The van der Waals surface area contributed by atoms with Crippen LogP contribution in [0.5, 0.6) is 0 Å². The highest BCUT2D eigenvalue weighted by molar-refractivity contribution is 5.94. The average Bonchev–Trinajstić information content (AvgIpc) is 2.66. The van der Waals surface area contributed by atoms with Gasteiger partial charge in [0.2, 0.25) is 0 Å². The molecular weight excluding hydrogens is 324 g/mol. The van der Waals surface area contributed by atoms with E-state index in [-0.39, 0.29) is 12.2 Å². The van der Waals surface area contributed by atoms with E-state index in [0.717, 1.165) is 5.56 Å². The highest BCUT2D eigenvalue weighted by Crippen LogP contribution is 2.43. The van der Waals surface area contributed by atoms with Gasteiger partial charge in [0.1, 0.15) is 17.4 Å². The maximum absolute atomic E-state index is 12.6. The van der Waals surface area contributed by atoms with Crippen LogP contribution in [0.4, 0.5) is 0 Å². The maximum Gasteiger partial charge on any atom is 0.338 e. The van der Waals surface area contributed by atoms with Gasteiger partial charge in [-0.25, -0.2) is 4.79 Å². The van der Waals surface area contributed by atoms with Gasteiger partial charge in [-0.05, 0) is 12.5 Å². The van der Waals surface area contributed by atoms with Gasteiger partial charge in [-0.15, -0.1) is 0 Å². The summed E-state index contributed by atoms with van der Waals surface area (Å²) in [5, 5.41) is 0. The fourth-order valence-electron chi connectivity index (χ4n) is 2.97. The first-order valence-electron chi connectivity index (χ1n) is 7.92. The Bertz CT molecular complexity index is 689. The van der Waals surface area contributed by atoms with E-state index >= 15 is 0 Å². The summed E-state index contributed by atoms with van der Waals surface area (Å²) in [4.78, 5) is 25.1. The molecule has 6 nitrogen and oxygen atoms in total. The number of rotatable bonds is 6. The Morgan fingerprint density at radius 1 is 1.04 bits per heavy atom. The molecule has 0 aromatic heterocycles. The number of carbonyl (C=O) groups is 2. The molecule has 0 radical (unpaired) electrons. The lowest BCUT2D eigenvalue weighted by atomic mass is 9.75. The van der Waals surface area contributed by atoms with Gasteiger partial charge in [0.05, 0.1) is 33.5 Å². The number of hydrogen-bond donors (Lipinski definition) is 0. The van der Waals surface area contributed by atoms with E-state index in [2.05, 4.69) is 0 Å². The molecule has 134 valence electrons. The predicted octanol–water partition coefficient (Wildman–Crippen LogP) is 2.57. The molecular formula is C19H22O6. The lowest BCUT2D eigenvalue weighted by molar-refractivity contribution is -0.146. The first-order chi connectivity index (χ1) is 12.1. The molecule has 0 aliphatic heterocycles. The Morgan fingerprint density at radius 3 is 2.24 bits per heavy atom. The summed E-state index contributed by atoms with van der Waals surface area (Å²) in [6.45, 7) is 1.93. The molecule has 6 heteroatoms. The molecule has 0 bridgehead atoms. The van der Waals surface area contributed by atoms with Crippen LogP contribution < -0.4 is 0 Å². The summed E-state index contributed by atoms with van der Waals surface area (Å²) in [6.07, 6.45) is 1.54. The van der Waals surface area contributed by atoms with Gasteiger partial charge < -0.3 is 18.9 Å². The molecule has 1 aromatic rings. The number of allylic oxidation sites excluding steroid dienone is 1. The van der Waals surface area contributed by atoms with Gasteiger partial charge in [-0.3, -0.25) is 4.79 Å². The number of carbonyl (C=O) groups excluding carboxylic acids is 2. The highest BCUT2D eigenvalue weighted by Gasteiger charge is 2.44. The van der Waals surface area contributed by atoms with Crippen LogP contribution in [0.1, 0.15) is 18.4 Å². The zero-order valence-corrected chi connectivity index (χ0v) is 14.8. The highest BCUT2D eigenvalue weighted by atomic mass is 16.5. The maximum atomic E-state index is 12.6. The molecule has 0 spiro atoms. The molecule has 0 saturated carbocycles. The molecule has 2 atom stereocenters. The van der Waals surface area contributed by atoms with Gasteiger partial charge in [0.25, 0.3) is 0 Å². The quantitative estimate of drug-likeness (QED) is 0.737. The lowest BCUT2D eigenvalue weighted by Gasteiger charge is -2.32. The summed E-state index contributed by atoms with van der Waals surface area (Å²) in [6, 6.07) is 9.21. The predicted molar refractivity (Wildman–Crippen MR) is 90.4 cm³/mol. The first kappa shape index (κ1) is 18.6. The van der Waals surface area contributed by atoms with Crippen LogP contribution in [0.2, 0.25) is 0 Å². The van der Waals surface area contributed by atoms with Crippen molar-refractivity contribution in [2.24, 2.45) is 5.92 Å². The van der Waals surface area contributed by atoms with Gasteiger partial charge in [-0.1, -0.05) is 30.3 Å². The lowest BCUT2D eigenvalue weighted by Crippen LogP contribution is -2.34. The summed E-state index contributed by atoms with van der Waals surface area (Å²) >= 11 is 0. The molecule has 1 aromatic carbocycles. The van der Waals surface area contributed by atoms with Crippen molar-refractivity contribution in [2.45, 2.75) is 12.8 Å². The second kappa shape index (κ2) is 8.37. The van der Waals surface area contributed by atoms with Gasteiger partial charge in [-0.2, -0.15) is 0 Å². The van der Waals surface area contributed by atoms with Crippen molar-refractivity contribution in [3.63, 3.8) is 0 Å². The molecule has 2 rings (SSSR count). The summed E-state index contributed by atoms with van der Waals surface area (Å²) in [5.41, 5.74) is 1.03. The van der Waals surface area contributed by atoms with Crippen molar-refractivity contribution in [1.82, 2.24) is 0 Å². The third-order valence-corrected chi connectivity index (χ3v) is 4.05. The SMILES string of the molecule is CCOC(=O)C1=C(OC)C=C(OC)[C@H](C(=O)OC)[C@H]1c1ccccc1. The van der Waals surface area contributed by atoms with E-state index in [1.807, 2.05) is 30.3 Å². The van der Waals surface area contributed by atoms with E-state index in [0.29, 0.717) is 11.5 Å². The van der Waals surface area contributed by atoms with E-state index in [9.17, 15) is 9.59 Å². The Morgan fingerprint density at radius 2 is 1.72 bits per heavy atom. The molecule has 25 heavy (non-hydrogen) atoms. The number of benzene rings is 1. The van der Waals surface area contributed by atoms with Crippen LogP contribution in [-0.2, 0) is 28.5 Å². The molecule has 1 aliphatic rings. The fourth-order valence-corrected chi connectivity index (χ4v) is 2.97. The standard InChI is InChI=1S/C19H22O6/c1-5-25-19(21)17-14(23-3)11-13(22-2)16(18(20)24-4)15(17)12-9-7-6-8-10-12/h6-11,15-16H,5H2,1-4H3/t15-,16+/m1/s1. The number of methoxy groups -OCH3 is 3. The number of hydrogen-bond acceptors (Lipinski definition) is 6. The van der Waals surface area contributed by atoms with Gasteiger partial charge in [0, 0.05) is 12.0 Å². The fraction of sp³-hybridized carbons (Fsp3) is 0.368. The molecule has 0 heterocycles. The minimum Gasteiger partial charge on any atom is -0.500 e. The Labute approximate surface area is 147 Å². The summed E-state index contributed by atoms with van der Waals surface area (Å²) in [5.74, 6) is -1.80. The van der Waals surface area contributed by atoms with Crippen LogP contribution in [0.3, 0.4) is 0 Å². The van der Waals surface area contributed by atoms with Gasteiger partial charge in [0.15, 0.2) is 0 Å². The molecule has 0 saturated heterocycles. The van der Waals surface area contributed by atoms with Crippen molar-refractivity contribution in [3.8, 4) is 0 Å². The Balaban J connectivity index is 2.70. The third kappa shape index (κ3) is 3.68. The smallest absolute Gasteiger partial charge is 0.338 e. The zero-order valence-electron chi connectivity index (χ0n) is 14.8. The van der Waals surface area contributed by atoms with Crippen LogP contribution >= 0.6 is 0 Å². The van der Waals surface area contributed by atoms with E-state index in [4.69, 9.17) is 18.9 Å². The van der Waals surface area contributed by atoms with Crippen LogP contribution in [-0.4, -0.2) is 39.9 Å². The van der Waals surface area contributed by atoms with Crippen LogP contribution in [0, 0.1) is 5.92 Å². The zero-order chi connectivity index (χ0) is 18.4. The van der Waals surface area contributed by atoms with Crippen molar-refractivity contribution in [3.05, 3.63) is 59.1 Å². The second-order valence-corrected chi connectivity index (χ2v) is 5.34. The Kier molecular flexibility index (Phi) is 6.22. The van der Waals surface area contributed by atoms with Crippen molar-refractivity contribution >= 4 is 11.9 Å². The number of ether oxygens (including phenoxy) is 4. The largest absolute Gasteiger partial charge is 0.500 e. The topological polar surface area (TPSA) is 71.1 Å². The van der Waals surface area contributed by atoms with E-state index < -0.39 is 23.8 Å². The summed E-state index contributed by atoms with van der Waals surface area (Å²) in [7, 11) is 4.22. The van der Waals surface area contributed by atoms with Crippen molar-refractivity contribution < 1.29 is 28.5 Å². The monoisotopic (exact) mass is 346 g/mol. The summed E-state index contributed by atoms with van der Waals surface area (Å²) < 4.78 is 20.9. The van der Waals surface area contributed by atoms with Gasteiger partial charge >= 0.3 is 11.9 Å². The normalized spacial score (nSPS) is 19.8. The third-order valence-electron chi connectivity index (χ3n) is 4.05. The minimum atomic E-state index is -0.810. The number of esters is 2. The average molecular weight is 346 g/mol. The van der Waals surface area contributed by atoms with E-state index in [1.165, 1.54) is 27.4 Å². The first-order valence-corrected chi connectivity index (χ1v) is 7.92. The van der Waals surface area contributed by atoms with Crippen LogP contribution in [0.25, 0.3) is 0 Å². The van der Waals surface area contributed by atoms with Crippen LogP contribution in [0.15, 0.2) is 53.5 Å². The molecule has 0 unspecified atom stereocenters. The molecule has 1 aliphatic carbocycles. The van der Waals surface area contributed by atoms with E-state index in [1.54, 1.807) is 6.92 Å². The van der Waals surface area contributed by atoms with Crippen molar-refractivity contribution in [1.29, 1.82) is 0 Å². The molecule has 0 amide bonds. The molecule has 0 N–H and O–H groups in total. The minimum absolute atomic E-state index is 0.213. The van der Waals surface area contributed by atoms with Crippen molar-refractivity contribution in [2.75, 3.05) is 27.9 Å².